The van der Waals surface area contributed by atoms with Crippen LogP contribution in [0.15, 0.2) is 18.2 Å². The molecule has 0 aliphatic carbocycles. The molecule has 6 heteroatoms. The number of hydrogen-bond acceptors (Lipinski definition) is 6. The third kappa shape index (κ3) is 5.10. The fourth-order valence-electron chi connectivity index (χ4n) is 3.61. The van der Waals surface area contributed by atoms with Crippen LogP contribution in [-0.4, -0.2) is 39.6 Å². The first-order valence-corrected chi connectivity index (χ1v) is 9.96. The maximum absolute atomic E-state index is 10.6. The van der Waals surface area contributed by atoms with Crippen LogP contribution >= 0.6 is 0 Å². The molecule has 0 atom stereocenters. The molecular weight excluding hydrogens is 338 g/mol. The lowest BCUT2D eigenvalue weighted by molar-refractivity contribution is 0.330. The fourth-order valence-corrected chi connectivity index (χ4v) is 3.61. The highest BCUT2D eigenvalue weighted by atomic mass is 16.3. The van der Waals surface area contributed by atoms with Gasteiger partial charge in [0, 0.05) is 30.8 Å². The van der Waals surface area contributed by atoms with Gasteiger partial charge in [-0.15, -0.1) is 0 Å². The highest BCUT2D eigenvalue weighted by molar-refractivity contribution is 5.53. The Bertz CT molecular complexity index is 771. The van der Waals surface area contributed by atoms with E-state index in [1.807, 2.05) is 19.1 Å². The van der Waals surface area contributed by atoms with Crippen molar-refractivity contribution in [1.82, 2.24) is 14.9 Å². The standard InChI is InChI=1S/C21H31N5O/c1-3-4-9-23-20-18(15(2)24-21(22)25-20)13-17-8-7-16(12-19(17)27)14-26-10-5-6-11-26/h7-8,12,27H,3-6,9-11,13-14H2,1-2H3,(H3,22,23,24,25). The lowest BCUT2D eigenvalue weighted by atomic mass is 10.0. The van der Waals surface area contributed by atoms with Gasteiger partial charge in [0.25, 0.3) is 0 Å². The monoisotopic (exact) mass is 369 g/mol. The van der Waals surface area contributed by atoms with Crippen molar-refractivity contribution in [2.24, 2.45) is 0 Å². The molecule has 1 saturated heterocycles. The highest BCUT2D eigenvalue weighted by Gasteiger charge is 2.15. The molecule has 1 aliphatic rings. The van der Waals surface area contributed by atoms with E-state index < -0.39 is 0 Å². The molecule has 0 radical (unpaired) electrons. The van der Waals surface area contributed by atoms with Crippen LogP contribution in [0.4, 0.5) is 11.8 Å². The summed E-state index contributed by atoms with van der Waals surface area (Å²) in [7, 11) is 0. The van der Waals surface area contributed by atoms with Gasteiger partial charge < -0.3 is 16.2 Å². The second-order valence-corrected chi connectivity index (χ2v) is 7.40. The quantitative estimate of drug-likeness (QED) is 0.618. The Morgan fingerprint density at radius 2 is 2.00 bits per heavy atom. The first-order chi connectivity index (χ1) is 13.1. The maximum Gasteiger partial charge on any atom is 0.222 e. The van der Waals surface area contributed by atoms with Crippen LogP contribution in [0, 0.1) is 6.92 Å². The predicted molar refractivity (Wildman–Crippen MR) is 110 cm³/mol. The number of aryl methyl sites for hydroxylation is 1. The topological polar surface area (TPSA) is 87.3 Å². The van der Waals surface area contributed by atoms with Gasteiger partial charge in [-0.1, -0.05) is 25.5 Å². The van der Waals surface area contributed by atoms with Crippen molar-refractivity contribution >= 4 is 11.8 Å². The molecule has 0 saturated carbocycles. The van der Waals surface area contributed by atoms with E-state index in [1.54, 1.807) is 0 Å². The molecule has 0 bridgehead atoms. The lowest BCUT2D eigenvalue weighted by Crippen LogP contribution is -2.18. The molecule has 2 aromatic rings. The van der Waals surface area contributed by atoms with Crippen LogP contribution in [-0.2, 0) is 13.0 Å². The van der Waals surface area contributed by atoms with Gasteiger partial charge in [-0.3, -0.25) is 4.90 Å². The number of rotatable bonds is 8. The van der Waals surface area contributed by atoms with E-state index in [2.05, 4.69) is 33.2 Å². The van der Waals surface area contributed by atoms with E-state index in [9.17, 15) is 5.11 Å². The van der Waals surface area contributed by atoms with Crippen LogP contribution in [0.3, 0.4) is 0 Å². The number of anilines is 2. The highest BCUT2D eigenvalue weighted by Crippen LogP contribution is 2.27. The molecule has 1 fully saturated rings. The summed E-state index contributed by atoms with van der Waals surface area (Å²) in [5, 5.41) is 13.9. The van der Waals surface area contributed by atoms with Crippen molar-refractivity contribution in [1.29, 1.82) is 0 Å². The van der Waals surface area contributed by atoms with Crippen molar-refractivity contribution in [3.05, 3.63) is 40.6 Å². The van der Waals surface area contributed by atoms with Gasteiger partial charge in [-0.05, 0) is 56.5 Å². The number of benzene rings is 1. The van der Waals surface area contributed by atoms with E-state index in [-0.39, 0.29) is 5.95 Å². The smallest absolute Gasteiger partial charge is 0.222 e. The van der Waals surface area contributed by atoms with Gasteiger partial charge in [0.2, 0.25) is 5.95 Å². The Morgan fingerprint density at radius 1 is 1.22 bits per heavy atom. The molecule has 0 amide bonds. The normalized spacial score (nSPS) is 14.6. The largest absolute Gasteiger partial charge is 0.508 e. The number of unbranched alkanes of at least 4 members (excludes halogenated alkanes) is 1. The summed E-state index contributed by atoms with van der Waals surface area (Å²) in [6.45, 7) is 8.15. The van der Waals surface area contributed by atoms with Gasteiger partial charge in [0.05, 0.1) is 0 Å². The zero-order valence-corrected chi connectivity index (χ0v) is 16.5. The maximum atomic E-state index is 10.6. The summed E-state index contributed by atoms with van der Waals surface area (Å²) in [6.07, 6.45) is 5.30. The van der Waals surface area contributed by atoms with Crippen LogP contribution in [0.2, 0.25) is 0 Å². The number of nitrogens with zero attached hydrogens (tertiary/aromatic N) is 3. The van der Waals surface area contributed by atoms with Crippen molar-refractivity contribution < 1.29 is 5.11 Å². The molecule has 146 valence electrons. The number of aromatic nitrogens is 2. The molecule has 3 rings (SSSR count). The molecule has 1 aromatic carbocycles. The first kappa shape index (κ1) is 19.4. The van der Waals surface area contributed by atoms with Crippen molar-refractivity contribution in [3.63, 3.8) is 0 Å². The summed E-state index contributed by atoms with van der Waals surface area (Å²) < 4.78 is 0. The Labute approximate surface area is 161 Å². The number of nitrogens with two attached hydrogens (primary N) is 1. The van der Waals surface area contributed by atoms with Crippen molar-refractivity contribution in [2.75, 3.05) is 30.7 Å². The number of aromatic hydroxyl groups is 1. The number of phenols is 1. The van der Waals surface area contributed by atoms with Crippen molar-refractivity contribution in [3.8, 4) is 5.75 Å². The summed E-state index contributed by atoms with van der Waals surface area (Å²) in [5.41, 5.74) is 9.72. The Kier molecular flexibility index (Phi) is 6.50. The Balaban J connectivity index is 1.77. The van der Waals surface area contributed by atoms with Crippen molar-refractivity contribution in [2.45, 2.75) is 52.5 Å². The average molecular weight is 370 g/mol. The zero-order valence-electron chi connectivity index (χ0n) is 16.5. The third-order valence-corrected chi connectivity index (χ3v) is 5.18. The van der Waals surface area contributed by atoms with Crippen LogP contribution < -0.4 is 11.1 Å². The number of likely N-dealkylation sites (tertiary alicyclic amines) is 1. The molecule has 0 unspecified atom stereocenters. The SMILES string of the molecule is CCCCNc1nc(N)nc(C)c1Cc1ccc(CN2CCCC2)cc1O. The van der Waals surface area contributed by atoms with Gasteiger partial charge >= 0.3 is 0 Å². The minimum Gasteiger partial charge on any atom is -0.508 e. The molecule has 1 aliphatic heterocycles. The van der Waals surface area contributed by atoms with Gasteiger partial charge in [-0.2, -0.15) is 4.98 Å². The minimum absolute atomic E-state index is 0.278. The number of phenolic OH excluding ortho intramolecular Hbond substituents is 1. The summed E-state index contributed by atoms with van der Waals surface area (Å²) in [5.74, 6) is 1.39. The number of nitrogens with one attached hydrogen (secondary N) is 1. The summed E-state index contributed by atoms with van der Waals surface area (Å²) in [4.78, 5) is 11.1. The summed E-state index contributed by atoms with van der Waals surface area (Å²) >= 11 is 0. The minimum atomic E-state index is 0.278. The molecule has 0 spiro atoms. The molecule has 2 heterocycles. The van der Waals surface area contributed by atoms with Crippen LogP contribution in [0.5, 0.6) is 5.75 Å². The second kappa shape index (κ2) is 9.04. The van der Waals surface area contributed by atoms with E-state index in [1.165, 1.54) is 12.8 Å². The van der Waals surface area contributed by atoms with Gasteiger partial charge in [-0.25, -0.2) is 4.98 Å². The van der Waals surface area contributed by atoms with Gasteiger partial charge in [0.15, 0.2) is 0 Å². The molecule has 6 nitrogen and oxygen atoms in total. The number of hydrogen-bond donors (Lipinski definition) is 3. The lowest BCUT2D eigenvalue weighted by Gasteiger charge is -2.17. The van der Waals surface area contributed by atoms with E-state index >= 15 is 0 Å². The zero-order chi connectivity index (χ0) is 19.2. The molecule has 27 heavy (non-hydrogen) atoms. The van der Waals surface area contributed by atoms with E-state index in [4.69, 9.17) is 5.73 Å². The van der Waals surface area contributed by atoms with Gasteiger partial charge in [0.1, 0.15) is 11.6 Å². The first-order valence-electron chi connectivity index (χ1n) is 9.96. The average Bonchev–Trinajstić information content (AvgIpc) is 3.12. The van der Waals surface area contributed by atoms with Crippen LogP contribution in [0.1, 0.15) is 55.0 Å². The fraction of sp³-hybridized carbons (Fsp3) is 0.524. The molecular formula is C21H31N5O. The third-order valence-electron chi connectivity index (χ3n) is 5.18. The number of nitrogen functional groups attached to an aromatic ring is 1. The van der Waals surface area contributed by atoms with Crippen LogP contribution in [0.25, 0.3) is 0 Å². The summed E-state index contributed by atoms with van der Waals surface area (Å²) in [6, 6.07) is 6.03. The predicted octanol–water partition coefficient (Wildman–Crippen LogP) is 3.47. The Hall–Kier alpha value is -2.34. The Morgan fingerprint density at radius 3 is 2.70 bits per heavy atom. The molecule has 1 aromatic heterocycles. The molecule has 4 N–H and O–H groups in total. The second-order valence-electron chi connectivity index (χ2n) is 7.40. The van der Waals surface area contributed by atoms with E-state index in [0.29, 0.717) is 12.2 Å². The van der Waals surface area contributed by atoms with E-state index in [0.717, 1.165) is 67.2 Å².